The van der Waals surface area contributed by atoms with Crippen molar-refractivity contribution in [3.05, 3.63) is 53.1 Å². The van der Waals surface area contributed by atoms with Crippen LogP contribution in [0.1, 0.15) is 21.5 Å². The fraction of sp³-hybridized carbons (Fsp3) is 0.316. The molecule has 0 saturated heterocycles. The van der Waals surface area contributed by atoms with Gasteiger partial charge in [0.05, 0.1) is 20.8 Å². The molecule has 0 unspecified atom stereocenters. The zero-order valence-electron chi connectivity index (χ0n) is 15.1. The third-order valence-electron chi connectivity index (χ3n) is 3.73. The molecule has 0 aliphatic heterocycles. The number of rotatable bonds is 7. The number of methoxy groups -OCH3 is 2. The van der Waals surface area contributed by atoms with Gasteiger partial charge in [0.1, 0.15) is 6.61 Å². The summed E-state index contributed by atoms with van der Waals surface area (Å²) < 4.78 is 51.3. The number of hydrogen-bond acceptors (Lipinski definition) is 4. The van der Waals surface area contributed by atoms with Gasteiger partial charge in [0.25, 0.3) is 5.91 Å². The van der Waals surface area contributed by atoms with Crippen molar-refractivity contribution in [1.82, 2.24) is 0 Å². The normalized spacial score (nSPS) is 11.2. The third kappa shape index (κ3) is 5.89. The zero-order valence-corrected chi connectivity index (χ0v) is 15.1. The van der Waals surface area contributed by atoms with Crippen LogP contribution >= 0.6 is 0 Å². The first-order valence-electron chi connectivity index (χ1n) is 8.01. The molecule has 0 atom stereocenters. The van der Waals surface area contributed by atoms with Crippen LogP contribution in [0.2, 0.25) is 0 Å². The predicted molar refractivity (Wildman–Crippen MR) is 94.4 cm³/mol. The molecule has 0 aromatic heterocycles. The van der Waals surface area contributed by atoms with E-state index in [1.807, 2.05) is 6.92 Å². The van der Waals surface area contributed by atoms with Gasteiger partial charge in [-0.15, -0.1) is 0 Å². The average Bonchev–Trinajstić information content (AvgIpc) is 2.62. The Morgan fingerprint density at radius 3 is 2.19 bits per heavy atom. The molecule has 27 heavy (non-hydrogen) atoms. The maximum absolute atomic E-state index is 12.4. The van der Waals surface area contributed by atoms with Crippen molar-refractivity contribution in [2.75, 3.05) is 26.1 Å². The Labute approximate surface area is 155 Å². The van der Waals surface area contributed by atoms with E-state index in [0.717, 1.165) is 5.56 Å². The van der Waals surface area contributed by atoms with Crippen LogP contribution in [0, 0.1) is 6.92 Å². The van der Waals surface area contributed by atoms with Crippen LogP contribution in [0.25, 0.3) is 0 Å². The molecule has 146 valence electrons. The lowest BCUT2D eigenvalue weighted by atomic mass is 10.1. The van der Waals surface area contributed by atoms with E-state index >= 15 is 0 Å². The Morgan fingerprint density at radius 2 is 1.63 bits per heavy atom. The Bertz CT molecular complexity index is 789. The summed E-state index contributed by atoms with van der Waals surface area (Å²) in [5, 5.41) is 2.78. The summed E-state index contributed by atoms with van der Waals surface area (Å²) in [6, 6.07) is 9.55. The highest BCUT2D eigenvalue weighted by Gasteiger charge is 2.27. The maximum Gasteiger partial charge on any atom is 0.411 e. The number of amides is 1. The standard InChI is InChI=1S/C19H20F3NO4/c1-12-8-16(25-2)17(26-3)9-15(12)23-18(24)14-6-4-13(5-7-14)10-27-11-19(20,21)22/h4-9H,10-11H2,1-3H3,(H,23,24). The second-order valence-electron chi connectivity index (χ2n) is 5.78. The van der Waals surface area contributed by atoms with Gasteiger partial charge in [-0.2, -0.15) is 13.2 Å². The molecule has 2 aromatic rings. The number of anilines is 1. The van der Waals surface area contributed by atoms with Crippen LogP contribution < -0.4 is 14.8 Å². The molecule has 1 N–H and O–H groups in total. The monoisotopic (exact) mass is 383 g/mol. The molecule has 2 aromatic carbocycles. The van der Waals surface area contributed by atoms with E-state index in [4.69, 9.17) is 9.47 Å². The highest BCUT2D eigenvalue weighted by Crippen LogP contribution is 2.33. The van der Waals surface area contributed by atoms with E-state index < -0.39 is 12.8 Å². The fourth-order valence-electron chi connectivity index (χ4n) is 2.35. The van der Waals surface area contributed by atoms with Crippen LogP contribution in [-0.2, 0) is 11.3 Å². The number of nitrogens with one attached hydrogen (secondary N) is 1. The minimum Gasteiger partial charge on any atom is -0.493 e. The maximum atomic E-state index is 12.4. The summed E-state index contributed by atoms with van der Waals surface area (Å²) in [5.74, 6) is 0.680. The summed E-state index contributed by atoms with van der Waals surface area (Å²) in [6.45, 7) is 0.322. The molecule has 0 fully saturated rings. The predicted octanol–water partition coefficient (Wildman–Crippen LogP) is 4.34. The van der Waals surface area contributed by atoms with Crippen molar-refractivity contribution in [1.29, 1.82) is 0 Å². The minimum absolute atomic E-state index is 0.184. The zero-order chi connectivity index (χ0) is 20.0. The number of benzene rings is 2. The molecular weight excluding hydrogens is 363 g/mol. The minimum atomic E-state index is -4.36. The molecule has 8 heteroatoms. The Balaban J connectivity index is 2.04. The number of halogens is 3. The third-order valence-corrected chi connectivity index (χ3v) is 3.73. The van der Waals surface area contributed by atoms with Crippen molar-refractivity contribution in [3.8, 4) is 11.5 Å². The van der Waals surface area contributed by atoms with E-state index in [2.05, 4.69) is 10.1 Å². The number of carbonyl (C=O) groups excluding carboxylic acids is 1. The lowest BCUT2D eigenvalue weighted by Gasteiger charge is -2.14. The average molecular weight is 383 g/mol. The Kier molecular flexibility index (Phi) is 6.68. The van der Waals surface area contributed by atoms with Crippen molar-refractivity contribution < 1.29 is 32.2 Å². The lowest BCUT2D eigenvalue weighted by molar-refractivity contribution is -0.176. The van der Waals surface area contributed by atoms with Gasteiger partial charge in [0.15, 0.2) is 11.5 Å². The molecular formula is C19H20F3NO4. The second-order valence-corrected chi connectivity index (χ2v) is 5.78. The summed E-state index contributed by atoms with van der Waals surface area (Å²) in [6.07, 6.45) is -4.36. The number of ether oxygens (including phenoxy) is 3. The SMILES string of the molecule is COc1cc(C)c(NC(=O)c2ccc(COCC(F)(F)F)cc2)cc1OC. The van der Waals surface area contributed by atoms with Crippen LogP contribution in [0.5, 0.6) is 11.5 Å². The molecule has 0 bridgehead atoms. The first-order chi connectivity index (χ1) is 12.7. The summed E-state index contributed by atoms with van der Waals surface area (Å²) in [5.41, 5.74) is 2.26. The van der Waals surface area contributed by atoms with Gasteiger partial charge in [-0.3, -0.25) is 4.79 Å². The number of hydrogen-bond donors (Lipinski definition) is 1. The molecule has 2 rings (SSSR count). The second kappa shape index (κ2) is 8.77. The van der Waals surface area contributed by atoms with Gasteiger partial charge in [0.2, 0.25) is 0 Å². The molecule has 5 nitrogen and oxygen atoms in total. The van der Waals surface area contributed by atoms with Crippen LogP contribution in [0.4, 0.5) is 18.9 Å². The molecule has 0 radical (unpaired) electrons. The lowest BCUT2D eigenvalue weighted by Crippen LogP contribution is -2.16. The first-order valence-corrected chi connectivity index (χ1v) is 8.01. The quantitative estimate of drug-likeness (QED) is 0.773. The number of alkyl halides is 3. The van der Waals surface area contributed by atoms with Crippen molar-refractivity contribution in [3.63, 3.8) is 0 Å². The highest BCUT2D eigenvalue weighted by molar-refractivity contribution is 6.04. The van der Waals surface area contributed by atoms with E-state index in [9.17, 15) is 18.0 Å². The van der Waals surface area contributed by atoms with Crippen molar-refractivity contribution >= 4 is 11.6 Å². The fourth-order valence-corrected chi connectivity index (χ4v) is 2.35. The van der Waals surface area contributed by atoms with Crippen LogP contribution in [0.15, 0.2) is 36.4 Å². The Hall–Kier alpha value is -2.74. The largest absolute Gasteiger partial charge is 0.493 e. The Morgan fingerprint density at radius 1 is 1.04 bits per heavy atom. The first kappa shape index (κ1) is 20.6. The van der Waals surface area contributed by atoms with Crippen molar-refractivity contribution in [2.24, 2.45) is 0 Å². The summed E-state index contributed by atoms with van der Waals surface area (Å²) in [4.78, 5) is 12.4. The van der Waals surface area contributed by atoms with Gasteiger partial charge in [-0.05, 0) is 36.2 Å². The molecule has 1 amide bonds. The van der Waals surface area contributed by atoms with Gasteiger partial charge in [-0.25, -0.2) is 0 Å². The van der Waals surface area contributed by atoms with Crippen LogP contribution in [0.3, 0.4) is 0 Å². The van der Waals surface area contributed by atoms with Gasteiger partial charge in [-0.1, -0.05) is 12.1 Å². The highest BCUT2D eigenvalue weighted by atomic mass is 19.4. The van der Waals surface area contributed by atoms with Gasteiger partial charge < -0.3 is 19.5 Å². The number of aryl methyl sites for hydroxylation is 1. The summed E-state index contributed by atoms with van der Waals surface area (Å²) >= 11 is 0. The van der Waals surface area contributed by atoms with E-state index in [-0.39, 0.29) is 12.5 Å². The van der Waals surface area contributed by atoms with Crippen molar-refractivity contribution in [2.45, 2.75) is 19.7 Å². The van der Waals surface area contributed by atoms with E-state index in [0.29, 0.717) is 28.3 Å². The molecule has 0 aliphatic rings. The smallest absolute Gasteiger partial charge is 0.411 e. The van der Waals surface area contributed by atoms with Crippen LogP contribution in [-0.4, -0.2) is 32.9 Å². The van der Waals surface area contributed by atoms with Gasteiger partial charge >= 0.3 is 6.18 Å². The number of carbonyl (C=O) groups is 1. The molecule has 0 saturated carbocycles. The molecule has 0 spiro atoms. The van der Waals surface area contributed by atoms with E-state index in [1.165, 1.54) is 26.4 Å². The summed E-state index contributed by atoms with van der Waals surface area (Å²) in [7, 11) is 3.02. The van der Waals surface area contributed by atoms with Gasteiger partial charge in [0, 0.05) is 17.3 Å². The topological polar surface area (TPSA) is 56.8 Å². The molecule has 0 heterocycles. The van der Waals surface area contributed by atoms with E-state index in [1.54, 1.807) is 24.3 Å². The molecule has 0 aliphatic carbocycles.